The topological polar surface area (TPSA) is 84.2 Å². The monoisotopic (exact) mass is 218 g/mol. The highest BCUT2D eigenvalue weighted by molar-refractivity contribution is 5.15. The van der Waals surface area contributed by atoms with Gasteiger partial charge in [-0.1, -0.05) is 5.21 Å². The molecule has 1 aromatic rings. The van der Waals surface area contributed by atoms with Crippen LogP contribution in [0.5, 0.6) is 0 Å². The second kappa shape index (κ2) is 3.26. The van der Waals surface area contributed by atoms with Crippen molar-refractivity contribution in [1.82, 2.24) is 15.1 Å². The Morgan fingerprint density at radius 3 is 2.88 bits per heavy atom. The third-order valence-electron chi connectivity index (χ3n) is 2.40. The molecule has 7 nitrogen and oxygen atoms in total. The number of pyridine rings is 1. The molecule has 1 N–H and O–H groups in total. The van der Waals surface area contributed by atoms with Crippen molar-refractivity contribution in [2.24, 2.45) is 9.98 Å². The van der Waals surface area contributed by atoms with Gasteiger partial charge in [0.2, 0.25) is 11.6 Å². The van der Waals surface area contributed by atoms with Crippen LogP contribution < -0.4 is 10.8 Å². The van der Waals surface area contributed by atoms with Crippen LogP contribution in [0.25, 0.3) is 0 Å². The summed E-state index contributed by atoms with van der Waals surface area (Å²) in [5.41, 5.74) is 0.471. The van der Waals surface area contributed by atoms with Crippen molar-refractivity contribution in [2.75, 3.05) is 13.1 Å². The van der Waals surface area contributed by atoms with E-state index in [1.165, 1.54) is 0 Å². The molecule has 0 amide bonds. The maximum atomic E-state index is 11.4. The SMILES string of the molecule is [O]N1CCN(O)/C1=C1/N=c2cccnc2=N1. The van der Waals surface area contributed by atoms with E-state index < -0.39 is 0 Å². The Balaban J connectivity index is 2.19. The molecule has 1 aromatic heterocycles. The minimum Gasteiger partial charge on any atom is -0.287 e. The fourth-order valence-electron chi connectivity index (χ4n) is 1.65. The molecule has 0 atom stereocenters. The van der Waals surface area contributed by atoms with E-state index >= 15 is 0 Å². The predicted molar refractivity (Wildman–Crippen MR) is 49.5 cm³/mol. The molecule has 0 unspecified atom stereocenters. The second-order valence-electron chi connectivity index (χ2n) is 3.44. The van der Waals surface area contributed by atoms with Crippen molar-refractivity contribution in [3.8, 4) is 0 Å². The normalized spacial score (nSPS) is 23.1. The molecule has 3 rings (SSSR count). The largest absolute Gasteiger partial charge is 0.287 e. The third-order valence-corrected chi connectivity index (χ3v) is 2.40. The van der Waals surface area contributed by atoms with Gasteiger partial charge in [0.15, 0.2) is 5.49 Å². The highest BCUT2D eigenvalue weighted by Gasteiger charge is 2.28. The van der Waals surface area contributed by atoms with Gasteiger partial charge in [-0.25, -0.2) is 20.0 Å². The molecule has 1 fully saturated rings. The summed E-state index contributed by atoms with van der Waals surface area (Å²) in [4.78, 5) is 12.3. The van der Waals surface area contributed by atoms with Crippen LogP contribution in [0.3, 0.4) is 0 Å². The van der Waals surface area contributed by atoms with Gasteiger partial charge in [0, 0.05) is 6.20 Å². The molecule has 0 spiro atoms. The minimum absolute atomic E-state index is 0.0815. The van der Waals surface area contributed by atoms with Crippen molar-refractivity contribution in [3.05, 3.63) is 40.8 Å². The number of hydrogen-bond donors (Lipinski definition) is 1. The molecular weight excluding hydrogens is 210 g/mol. The van der Waals surface area contributed by atoms with Gasteiger partial charge in [-0.2, -0.15) is 5.06 Å². The molecule has 2 aliphatic rings. The summed E-state index contributed by atoms with van der Waals surface area (Å²) in [6.07, 6.45) is 1.60. The number of rotatable bonds is 0. The van der Waals surface area contributed by atoms with Crippen molar-refractivity contribution in [3.63, 3.8) is 0 Å². The quantitative estimate of drug-likeness (QED) is 0.593. The average Bonchev–Trinajstić information content (AvgIpc) is 2.82. The summed E-state index contributed by atoms with van der Waals surface area (Å²) in [5, 5.41) is 23.1. The van der Waals surface area contributed by atoms with Gasteiger partial charge < -0.3 is 0 Å². The maximum Gasteiger partial charge on any atom is 0.201 e. The Hall–Kier alpha value is -1.99. The van der Waals surface area contributed by atoms with E-state index in [2.05, 4.69) is 15.0 Å². The van der Waals surface area contributed by atoms with Gasteiger partial charge in [0.25, 0.3) is 0 Å². The smallest absolute Gasteiger partial charge is 0.201 e. The predicted octanol–water partition coefficient (Wildman–Crippen LogP) is -1.19. The first-order valence-corrected chi connectivity index (χ1v) is 4.79. The number of hydrogen-bond acceptors (Lipinski definition) is 6. The fraction of sp³-hybridized carbons (Fsp3) is 0.222. The van der Waals surface area contributed by atoms with Gasteiger partial charge in [0.1, 0.15) is 5.36 Å². The van der Waals surface area contributed by atoms with Crippen LogP contribution in [0.2, 0.25) is 0 Å². The summed E-state index contributed by atoms with van der Waals surface area (Å²) < 4.78 is 0. The molecule has 1 saturated heterocycles. The lowest BCUT2D eigenvalue weighted by atomic mass is 10.5. The first kappa shape index (κ1) is 9.25. The lowest BCUT2D eigenvalue weighted by molar-refractivity contribution is -0.139. The van der Waals surface area contributed by atoms with Crippen molar-refractivity contribution in [2.45, 2.75) is 0 Å². The molecule has 3 heterocycles. The van der Waals surface area contributed by atoms with E-state index in [1.54, 1.807) is 18.3 Å². The van der Waals surface area contributed by atoms with E-state index in [9.17, 15) is 10.4 Å². The van der Waals surface area contributed by atoms with E-state index in [4.69, 9.17) is 0 Å². The lowest BCUT2D eigenvalue weighted by Crippen LogP contribution is -2.23. The van der Waals surface area contributed by atoms with Crippen LogP contribution in [-0.4, -0.2) is 33.4 Å². The van der Waals surface area contributed by atoms with Gasteiger partial charge in [-0.15, -0.1) is 0 Å². The van der Waals surface area contributed by atoms with E-state index in [-0.39, 0.29) is 24.7 Å². The average molecular weight is 218 g/mol. The van der Waals surface area contributed by atoms with Crippen LogP contribution in [0, 0.1) is 0 Å². The van der Waals surface area contributed by atoms with Crippen LogP contribution in [-0.2, 0) is 5.21 Å². The summed E-state index contributed by atoms with van der Waals surface area (Å²) in [6.45, 7) is 0.474. The van der Waals surface area contributed by atoms with Gasteiger partial charge in [-0.3, -0.25) is 5.21 Å². The Morgan fingerprint density at radius 1 is 1.31 bits per heavy atom. The van der Waals surface area contributed by atoms with Gasteiger partial charge >= 0.3 is 0 Å². The zero-order valence-electron chi connectivity index (χ0n) is 8.24. The number of nitrogens with zero attached hydrogens (tertiary/aromatic N) is 5. The molecule has 0 bridgehead atoms. The van der Waals surface area contributed by atoms with Crippen molar-refractivity contribution < 1.29 is 10.4 Å². The number of hydroxylamine groups is 4. The second-order valence-corrected chi connectivity index (χ2v) is 3.44. The number of aromatic nitrogens is 1. The van der Waals surface area contributed by atoms with Crippen molar-refractivity contribution in [1.29, 1.82) is 0 Å². The van der Waals surface area contributed by atoms with E-state index in [0.29, 0.717) is 15.9 Å². The molecule has 1 radical (unpaired) electrons. The Labute approximate surface area is 90.2 Å². The third kappa shape index (κ3) is 1.26. The Kier molecular flexibility index (Phi) is 1.88. The first-order valence-electron chi connectivity index (χ1n) is 4.79. The highest BCUT2D eigenvalue weighted by Crippen LogP contribution is 2.20. The van der Waals surface area contributed by atoms with E-state index in [0.717, 1.165) is 5.06 Å². The summed E-state index contributed by atoms with van der Waals surface area (Å²) >= 11 is 0. The molecule has 16 heavy (non-hydrogen) atoms. The van der Waals surface area contributed by atoms with Crippen LogP contribution >= 0.6 is 0 Å². The molecular formula is C9H8N5O2. The maximum absolute atomic E-state index is 11.4. The minimum atomic E-state index is 0.0815. The molecule has 0 aliphatic carbocycles. The standard InChI is InChI=1S/C9H8N5O2/c15-13-4-5-14(16)9(13)8-11-6-2-1-3-10-7(6)12-8/h1-3,15H,4-5H2/b9-8+. The molecule has 0 aromatic carbocycles. The summed E-state index contributed by atoms with van der Waals surface area (Å²) in [6, 6.07) is 3.50. The van der Waals surface area contributed by atoms with E-state index in [1.807, 2.05) is 0 Å². The molecule has 0 saturated carbocycles. The van der Waals surface area contributed by atoms with Crippen LogP contribution in [0.15, 0.2) is 40.0 Å². The lowest BCUT2D eigenvalue weighted by Gasteiger charge is -2.11. The molecule has 2 aliphatic heterocycles. The fourth-order valence-corrected chi connectivity index (χ4v) is 1.65. The zero-order chi connectivity index (χ0) is 11.1. The van der Waals surface area contributed by atoms with Crippen LogP contribution in [0.1, 0.15) is 0 Å². The first-order chi connectivity index (χ1) is 7.75. The summed E-state index contributed by atoms with van der Waals surface area (Å²) in [5.74, 6) is 0.293. The zero-order valence-corrected chi connectivity index (χ0v) is 8.24. The Bertz CT molecular complexity index is 533. The van der Waals surface area contributed by atoms with Gasteiger partial charge in [0.05, 0.1) is 13.1 Å². The van der Waals surface area contributed by atoms with Crippen molar-refractivity contribution >= 4 is 0 Å². The summed E-state index contributed by atoms with van der Waals surface area (Å²) in [7, 11) is 0. The number of fused-ring (bicyclic) bond motifs is 1. The Morgan fingerprint density at radius 2 is 2.19 bits per heavy atom. The highest BCUT2D eigenvalue weighted by atomic mass is 16.6. The molecule has 81 valence electrons. The van der Waals surface area contributed by atoms with Crippen LogP contribution in [0.4, 0.5) is 0 Å². The molecule has 7 heteroatoms. The van der Waals surface area contributed by atoms with Gasteiger partial charge in [-0.05, 0) is 12.1 Å².